The van der Waals surface area contributed by atoms with Crippen LogP contribution in [0.25, 0.3) is 0 Å². The summed E-state index contributed by atoms with van der Waals surface area (Å²) in [5.41, 5.74) is 1.81. The number of carbonyl (C=O) groups is 3. The van der Waals surface area contributed by atoms with Crippen LogP contribution < -0.4 is 18.9 Å². The minimum atomic E-state index is -0.786. The molecule has 0 N–H and O–H groups in total. The van der Waals surface area contributed by atoms with Gasteiger partial charge in [-0.2, -0.15) is 0 Å². The molecule has 0 aliphatic heterocycles. The zero-order valence-electron chi connectivity index (χ0n) is 24.0. The number of Topliss-reactive ketones (excluding diaryl/α,β-unsaturated/α-hetero) is 1. The van der Waals surface area contributed by atoms with Crippen molar-refractivity contribution in [3.63, 3.8) is 0 Å². The predicted octanol–water partition coefficient (Wildman–Crippen LogP) is 4.98. The second-order valence-corrected chi connectivity index (χ2v) is 9.28. The number of benzene rings is 2. The van der Waals surface area contributed by atoms with E-state index in [1.165, 1.54) is 26.3 Å². The number of aromatic nitrogens is 1. The SMILES string of the molecule is COc1ccc(C(c2ccc(OC)cc2)[C@H](C)OC(=O)[C@H](C)CC(=O)c2nccc(OC)c2OCOC(C)=O)cc1. The third kappa shape index (κ3) is 8.20. The van der Waals surface area contributed by atoms with Crippen molar-refractivity contribution in [2.24, 2.45) is 5.92 Å². The summed E-state index contributed by atoms with van der Waals surface area (Å²) in [6.45, 7) is 4.24. The molecule has 0 fully saturated rings. The molecule has 0 spiro atoms. The molecule has 0 amide bonds. The molecule has 0 saturated heterocycles. The van der Waals surface area contributed by atoms with Crippen molar-refractivity contribution in [2.75, 3.05) is 28.1 Å². The molecule has 218 valence electrons. The molecule has 0 unspecified atom stereocenters. The van der Waals surface area contributed by atoms with Crippen molar-refractivity contribution >= 4 is 17.7 Å². The van der Waals surface area contributed by atoms with Gasteiger partial charge in [0.2, 0.25) is 6.79 Å². The van der Waals surface area contributed by atoms with E-state index in [-0.39, 0.29) is 29.5 Å². The molecule has 2 aromatic carbocycles. The Bertz CT molecular complexity index is 1270. The number of carbonyl (C=O) groups excluding carboxylic acids is 3. The van der Waals surface area contributed by atoms with Crippen molar-refractivity contribution in [2.45, 2.75) is 39.2 Å². The van der Waals surface area contributed by atoms with Crippen molar-refractivity contribution < 1.29 is 42.8 Å². The van der Waals surface area contributed by atoms with Gasteiger partial charge >= 0.3 is 11.9 Å². The van der Waals surface area contributed by atoms with Crippen LogP contribution in [-0.4, -0.2) is 56.9 Å². The number of esters is 2. The summed E-state index contributed by atoms with van der Waals surface area (Å²) in [6.07, 6.45) is 0.634. The molecule has 2 atom stereocenters. The van der Waals surface area contributed by atoms with Crippen LogP contribution in [0, 0.1) is 5.92 Å². The molecular weight excluding hydrogens is 530 g/mol. The number of methoxy groups -OCH3 is 3. The summed E-state index contributed by atoms with van der Waals surface area (Å²) in [7, 11) is 4.60. The lowest BCUT2D eigenvalue weighted by Gasteiger charge is -2.26. The molecule has 1 heterocycles. The lowest BCUT2D eigenvalue weighted by atomic mass is 9.87. The van der Waals surface area contributed by atoms with Crippen molar-refractivity contribution in [1.82, 2.24) is 4.98 Å². The monoisotopic (exact) mass is 565 g/mol. The number of ether oxygens (including phenoxy) is 6. The minimum Gasteiger partial charge on any atom is -0.497 e. The van der Waals surface area contributed by atoms with E-state index in [0.717, 1.165) is 11.1 Å². The second kappa shape index (κ2) is 14.7. The normalized spacial score (nSPS) is 12.2. The Balaban J connectivity index is 1.77. The summed E-state index contributed by atoms with van der Waals surface area (Å²) in [6, 6.07) is 16.6. The topological polar surface area (TPSA) is 119 Å². The fraction of sp³-hybridized carbons (Fsp3) is 0.355. The molecule has 0 saturated carbocycles. The largest absolute Gasteiger partial charge is 0.497 e. The van der Waals surface area contributed by atoms with E-state index < -0.39 is 36.5 Å². The molecule has 0 bridgehead atoms. The Morgan fingerprint density at radius 2 is 1.37 bits per heavy atom. The molecular formula is C31H35NO9. The Labute approximate surface area is 239 Å². The van der Waals surface area contributed by atoms with Crippen LogP contribution in [0.5, 0.6) is 23.0 Å². The highest BCUT2D eigenvalue weighted by Gasteiger charge is 2.29. The minimum absolute atomic E-state index is 0.0225. The van der Waals surface area contributed by atoms with Gasteiger partial charge in [0.1, 0.15) is 17.6 Å². The average Bonchev–Trinajstić information content (AvgIpc) is 2.97. The fourth-order valence-electron chi connectivity index (χ4n) is 4.28. The molecule has 3 aromatic rings. The predicted molar refractivity (Wildman–Crippen MR) is 150 cm³/mol. The fourth-order valence-corrected chi connectivity index (χ4v) is 4.28. The van der Waals surface area contributed by atoms with E-state index >= 15 is 0 Å². The Morgan fingerprint density at radius 3 is 1.85 bits per heavy atom. The van der Waals surface area contributed by atoms with Gasteiger partial charge in [0, 0.05) is 31.5 Å². The molecule has 10 nitrogen and oxygen atoms in total. The Hall–Kier alpha value is -4.60. The van der Waals surface area contributed by atoms with Gasteiger partial charge < -0.3 is 28.4 Å². The maximum absolute atomic E-state index is 13.2. The van der Waals surface area contributed by atoms with Gasteiger partial charge in [-0.05, 0) is 42.3 Å². The average molecular weight is 566 g/mol. The molecule has 10 heteroatoms. The van der Waals surface area contributed by atoms with Crippen molar-refractivity contribution in [1.29, 1.82) is 0 Å². The third-order valence-corrected chi connectivity index (χ3v) is 6.43. The van der Waals surface area contributed by atoms with Gasteiger partial charge in [-0.3, -0.25) is 14.4 Å². The van der Waals surface area contributed by atoms with Crippen LogP contribution in [0.2, 0.25) is 0 Å². The van der Waals surface area contributed by atoms with Crippen LogP contribution in [0.3, 0.4) is 0 Å². The van der Waals surface area contributed by atoms with Gasteiger partial charge in [-0.25, -0.2) is 4.98 Å². The summed E-state index contributed by atoms with van der Waals surface area (Å²) >= 11 is 0. The number of hydrogen-bond acceptors (Lipinski definition) is 10. The molecule has 0 radical (unpaired) electrons. The highest BCUT2D eigenvalue weighted by atomic mass is 16.7. The quantitative estimate of drug-likeness (QED) is 0.150. The Kier molecular flexibility index (Phi) is 11.1. The summed E-state index contributed by atoms with van der Waals surface area (Å²) in [5.74, 6) is -0.942. The molecule has 0 aliphatic rings. The van der Waals surface area contributed by atoms with E-state index in [0.29, 0.717) is 11.5 Å². The van der Waals surface area contributed by atoms with Gasteiger partial charge in [0.25, 0.3) is 0 Å². The van der Waals surface area contributed by atoms with Crippen molar-refractivity contribution in [3.05, 3.63) is 77.6 Å². The van der Waals surface area contributed by atoms with Gasteiger partial charge in [-0.15, -0.1) is 0 Å². The van der Waals surface area contributed by atoms with Crippen molar-refractivity contribution in [3.8, 4) is 23.0 Å². The number of ketones is 1. The second-order valence-electron chi connectivity index (χ2n) is 9.28. The highest BCUT2D eigenvalue weighted by molar-refractivity contribution is 5.99. The van der Waals surface area contributed by atoms with Crippen LogP contribution in [0.15, 0.2) is 60.8 Å². The van der Waals surface area contributed by atoms with E-state index in [9.17, 15) is 14.4 Å². The zero-order valence-corrected chi connectivity index (χ0v) is 24.0. The molecule has 3 rings (SSSR count). The maximum atomic E-state index is 13.2. The molecule has 0 aliphatic carbocycles. The van der Waals surface area contributed by atoms with Crippen LogP contribution in [-0.2, 0) is 19.1 Å². The number of rotatable bonds is 14. The Morgan fingerprint density at radius 1 is 0.805 bits per heavy atom. The standard InChI is InChI=1S/C31H35NO9/c1-19(17-26(34)29-30(40-18-39-21(3)33)27(38-6)15-16-32-29)31(35)41-20(2)28(22-7-11-24(36-4)12-8-22)23-9-13-25(37-5)14-10-23/h7-16,19-20,28H,17-18H2,1-6H3/t19-,20+/m1/s1. The lowest BCUT2D eigenvalue weighted by molar-refractivity contribution is -0.153. The van der Waals surface area contributed by atoms with E-state index in [1.54, 1.807) is 21.1 Å². The van der Waals surface area contributed by atoms with Crippen LogP contribution in [0.1, 0.15) is 54.7 Å². The molecule has 1 aromatic heterocycles. The number of nitrogens with zero attached hydrogens (tertiary/aromatic N) is 1. The summed E-state index contributed by atoms with van der Waals surface area (Å²) in [4.78, 5) is 41.6. The number of pyridine rings is 1. The summed E-state index contributed by atoms with van der Waals surface area (Å²) in [5, 5.41) is 0. The van der Waals surface area contributed by atoms with Gasteiger partial charge in [0.15, 0.2) is 23.0 Å². The third-order valence-electron chi connectivity index (χ3n) is 6.43. The first-order valence-electron chi connectivity index (χ1n) is 13.0. The number of hydrogen-bond donors (Lipinski definition) is 0. The smallest absolute Gasteiger partial charge is 0.309 e. The van der Waals surface area contributed by atoms with E-state index in [2.05, 4.69) is 4.98 Å². The lowest BCUT2D eigenvalue weighted by Crippen LogP contribution is -2.28. The maximum Gasteiger partial charge on any atom is 0.309 e. The van der Waals surface area contributed by atoms with Gasteiger partial charge in [-0.1, -0.05) is 31.2 Å². The van der Waals surface area contributed by atoms with E-state index in [1.807, 2.05) is 55.5 Å². The highest BCUT2D eigenvalue weighted by Crippen LogP contribution is 2.34. The zero-order chi connectivity index (χ0) is 29.9. The van der Waals surface area contributed by atoms with Crippen LogP contribution in [0.4, 0.5) is 0 Å². The van der Waals surface area contributed by atoms with Crippen LogP contribution >= 0.6 is 0 Å². The first-order valence-corrected chi connectivity index (χ1v) is 13.0. The first-order chi connectivity index (χ1) is 19.7. The molecule has 41 heavy (non-hydrogen) atoms. The summed E-state index contributed by atoms with van der Waals surface area (Å²) < 4.78 is 32.1. The first kappa shape index (κ1) is 30.9. The van der Waals surface area contributed by atoms with E-state index in [4.69, 9.17) is 28.4 Å². The van der Waals surface area contributed by atoms with Gasteiger partial charge in [0.05, 0.1) is 27.2 Å².